The number of nitrogens with one attached hydrogen (secondary N) is 2. The van der Waals surface area contributed by atoms with Gasteiger partial charge in [-0.25, -0.2) is 9.37 Å². The number of carbonyl (C=O) groups is 3. The summed E-state index contributed by atoms with van der Waals surface area (Å²) in [4.78, 5) is 55.5. The van der Waals surface area contributed by atoms with E-state index in [1.54, 1.807) is 42.5 Å². The second-order valence-electron chi connectivity index (χ2n) is 18.5. The lowest BCUT2D eigenvalue weighted by molar-refractivity contribution is 0.0696. The van der Waals surface area contributed by atoms with Crippen molar-refractivity contribution in [2.45, 2.75) is 51.4 Å². The van der Waals surface area contributed by atoms with Crippen LogP contribution in [0.4, 0.5) is 5.69 Å². The van der Waals surface area contributed by atoms with E-state index in [-0.39, 0.29) is 56.9 Å². The molecule has 4 N–H and O–H groups in total. The Labute approximate surface area is 405 Å². The molecule has 69 heavy (non-hydrogen) atoms. The van der Waals surface area contributed by atoms with Gasteiger partial charge in [-0.05, 0) is 104 Å². The Hall–Kier alpha value is -7.15. The number of hydrogen-bond acceptors (Lipinski definition) is 8. The van der Waals surface area contributed by atoms with Crippen LogP contribution in [0.25, 0.3) is 39.0 Å². The number of halogens is 2. The predicted molar refractivity (Wildman–Crippen MR) is 265 cm³/mol. The summed E-state index contributed by atoms with van der Waals surface area (Å²) in [5.74, 6) is -0.470. The minimum absolute atomic E-state index is 0.00603. The Morgan fingerprint density at radius 1 is 0.739 bits per heavy atom. The lowest BCUT2D eigenvalue weighted by atomic mass is 9.81. The second kappa shape index (κ2) is 16.8. The SMILES string of the molecule is O=C(NCCNC(=O)c1cc(Cl)c(C2=c3cc4c5c(c3Oc3c2cc2c6c3CCCN6CCC2)CCC[N+]=5CCC4)c(C(=O)O)c1Cl)c1ccc(-c2c3ccc(=O)cc-3oc3cc(O)ccc23)cc1. The van der Waals surface area contributed by atoms with Crippen LogP contribution >= 0.6 is 23.2 Å². The summed E-state index contributed by atoms with van der Waals surface area (Å²) in [6.45, 7) is 4.00. The van der Waals surface area contributed by atoms with Gasteiger partial charge in [0.05, 0.1) is 26.7 Å². The molecule has 0 spiro atoms. The number of aromatic hydroxyl groups is 1. The number of nitrogens with zero attached hydrogens (tertiary/aromatic N) is 2. The summed E-state index contributed by atoms with van der Waals surface area (Å²) in [7, 11) is 0. The first-order valence-corrected chi connectivity index (χ1v) is 24.3. The zero-order valence-corrected chi connectivity index (χ0v) is 38.9. The van der Waals surface area contributed by atoms with Crippen LogP contribution in [0.15, 0.2) is 88.1 Å². The Bertz CT molecular complexity index is 3580. The molecule has 0 atom stereocenters. The Morgan fingerprint density at radius 3 is 2.28 bits per heavy atom. The molecule has 2 amide bonds. The maximum absolute atomic E-state index is 13.9. The van der Waals surface area contributed by atoms with Crippen LogP contribution in [0.5, 0.6) is 17.2 Å². The number of anilines is 1. The molecule has 0 saturated heterocycles. The summed E-state index contributed by atoms with van der Waals surface area (Å²) in [6, 6.07) is 22.1. The minimum Gasteiger partial charge on any atom is -0.508 e. The van der Waals surface area contributed by atoms with E-state index in [0.29, 0.717) is 28.0 Å². The summed E-state index contributed by atoms with van der Waals surface area (Å²) in [5.41, 5.74) is 10.1. The fourth-order valence-corrected chi connectivity index (χ4v) is 12.1. The number of carboxylic acids is 1. The zero-order chi connectivity index (χ0) is 47.2. The van der Waals surface area contributed by atoms with Crippen molar-refractivity contribution < 1.29 is 33.8 Å². The van der Waals surface area contributed by atoms with Crippen LogP contribution in [0.3, 0.4) is 0 Å². The van der Waals surface area contributed by atoms with Crippen molar-refractivity contribution >= 4 is 63.2 Å². The van der Waals surface area contributed by atoms with Crippen LogP contribution in [0.1, 0.15) is 90.1 Å². The fourth-order valence-electron chi connectivity index (χ4n) is 11.5. The molecule has 14 heteroatoms. The molecule has 5 aromatic rings. The molecule has 0 bridgehead atoms. The smallest absolute Gasteiger partial charge is 0.337 e. The first-order chi connectivity index (χ1) is 33.5. The first-order valence-electron chi connectivity index (χ1n) is 23.6. The largest absolute Gasteiger partial charge is 0.508 e. The molecule has 1 aliphatic carbocycles. The molecule has 12 rings (SSSR count). The first kappa shape index (κ1) is 43.2. The number of phenols is 1. The van der Waals surface area contributed by atoms with Crippen molar-refractivity contribution in [3.05, 3.63) is 160 Å². The number of hydrogen-bond donors (Lipinski definition) is 4. The molecule has 0 unspecified atom stereocenters. The standard InChI is InChI=1S/C55H44Cl2N4O8/c56-41-27-40(54(65)59-18-17-58-53(64)29-11-9-28(10-12-29)44-34-15-13-32(62)25-42(34)68-43-26-33(63)14-16-35(43)44)48(57)47(55(66)67)46(41)45-38-23-30-5-1-19-60-21-3-7-36(49(30)60)51(38)69-52-37-8-4-22-61-20-2-6-31(50(37)61)24-39(45)52/h9-16,23-27H,1-8,17-22H2,(H3-,58,59,62,63,64,65,66,67)/p+1. The number of phenolic OH excluding ortho intramolecular Hbond substituents is 1. The monoisotopic (exact) mass is 959 g/mol. The summed E-state index contributed by atoms with van der Waals surface area (Å²) in [5, 5.41) is 29.4. The molecule has 0 saturated carbocycles. The molecule has 7 aliphatic rings. The van der Waals surface area contributed by atoms with Crippen LogP contribution in [0, 0.1) is 0 Å². The van der Waals surface area contributed by atoms with Gasteiger partial charge in [0.2, 0.25) is 5.36 Å². The van der Waals surface area contributed by atoms with Crippen molar-refractivity contribution in [2.75, 3.05) is 44.2 Å². The molecule has 6 aliphatic heterocycles. The van der Waals surface area contributed by atoms with E-state index in [0.717, 1.165) is 127 Å². The maximum Gasteiger partial charge on any atom is 0.337 e. The number of aryl methyl sites for hydroxylation is 2. The van der Waals surface area contributed by atoms with E-state index in [1.165, 1.54) is 46.4 Å². The Kier molecular flexibility index (Phi) is 10.5. The molecule has 5 aromatic carbocycles. The van der Waals surface area contributed by atoms with Crippen LogP contribution in [0.2, 0.25) is 10.0 Å². The van der Waals surface area contributed by atoms with Crippen molar-refractivity contribution in [1.82, 2.24) is 15.2 Å². The van der Waals surface area contributed by atoms with E-state index in [4.69, 9.17) is 32.4 Å². The summed E-state index contributed by atoms with van der Waals surface area (Å²) < 4.78 is 15.6. The second-order valence-corrected chi connectivity index (χ2v) is 19.3. The molecule has 346 valence electrons. The third kappa shape index (κ3) is 7.14. The lowest BCUT2D eigenvalue weighted by Crippen LogP contribution is -2.45. The maximum atomic E-state index is 13.9. The van der Waals surface area contributed by atoms with Gasteiger partial charge < -0.3 is 34.9 Å². The van der Waals surface area contributed by atoms with Crippen molar-refractivity contribution in [1.29, 1.82) is 0 Å². The zero-order valence-electron chi connectivity index (χ0n) is 37.4. The van der Waals surface area contributed by atoms with Crippen molar-refractivity contribution in [3.63, 3.8) is 0 Å². The average molecular weight is 961 g/mol. The molecule has 0 radical (unpaired) electrons. The van der Waals surface area contributed by atoms with E-state index < -0.39 is 11.9 Å². The fraction of sp³-hybridized carbons (Fsp3) is 0.255. The number of carbonyl (C=O) groups excluding carboxylic acids is 2. The number of amides is 2. The number of aromatic carboxylic acids is 1. The van der Waals surface area contributed by atoms with Gasteiger partial charge in [0.1, 0.15) is 41.7 Å². The van der Waals surface area contributed by atoms with Crippen LogP contribution in [-0.4, -0.2) is 67.3 Å². The van der Waals surface area contributed by atoms with Crippen molar-refractivity contribution in [3.8, 4) is 39.7 Å². The Morgan fingerprint density at radius 2 is 1.48 bits per heavy atom. The summed E-state index contributed by atoms with van der Waals surface area (Å²) in [6.07, 6.45) is 7.45. The van der Waals surface area contributed by atoms with Gasteiger partial charge in [0.15, 0.2) is 5.43 Å². The van der Waals surface area contributed by atoms with Gasteiger partial charge in [0, 0.05) is 112 Å². The number of rotatable bonds is 8. The van der Waals surface area contributed by atoms with Gasteiger partial charge in [-0.2, -0.15) is 0 Å². The van der Waals surface area contributed by atoms with Crippen LogP contribution < -0.4 is 40.9 Å². The topological polar surface area (TPSA) is 161 Å². The van der Waals surface area contributed by atoms with E-state index in [2.05, 4.69) is 32.2 Å². The molecule has 12 nitrogen and oxygen atoms in total. The Balaban J connectivity index is 0.847. The highest BCUT2D eigenvalue weighted by molar-refractivity contribution is 6.40. The van der Waals surface area contributed by atoms with Gasteiger partial charge in [-0.3, -0.25) is 14.4 Å². The summed E-state index contributed by atoms with van der Waals surface area (Å²) >= 11 is 14.4. The van der Waals surface area contributed by atoms with E-state index in [1.807, 2.05) is 0 Å². The third-order valence-corrected chi connectivity index (χ3v) is 15.1. The number of benzene rings is 6. The third-order valence-electron chi connectivity index (χ3n) is 14.4. The van der Waals surface area contributed by atoms with E-state index >= 15 is 0 Å². The van der Waals surface area contributed by atoms with Gasteiger partial charge >= 0.3 is 5.97 Å². The van der Waals surface area contributed by atoms with E-state index in [9.17, 15) is 29.4 Å². The van der Waals surface area contributed by atoms with Gasteiger partial charge in [-0.15, -0.1) is 0 Å². The molecule has 0 aromatic heterocycles. The number of ether oxygens (including phenoxy) is 1. The molecular formula is C55H45Cl2N4O8+. The normalized spacial score (nSPS) is 15.5. The molecular weight excluding hydrogens is 916 g/mol. The van der Waals surface area contributed by atoms with Crippen molar-refractivity contribution in [2.24, 2.45) is 0 Å². The number of fused-ring (bicyclic) bond motifs is 6. The quantitative estimate of drug-likeness (QED) is 0.0675. The van der Waals surface area contributed by atoms with Crippen LogP contribution in [-0.2, 0) is 25.7 Å². The minimum atomic E-state index is -1.32. The van der Waals surface area contributed by atoms with Gasteiger partial charge in [-0.1, -0.05) is 35.3 Å². The highest BCUT2D eigenvalue weighted by Gasteiger charge is 2.38. The molecule has 0 fully saturated rings. The predicted octanol–water partition coefficient (Wildman–Crippen LogP) is 7.87. The lowest BCUT2D eigenvalue weighted by Gasteiger charge is -2.39. The molecule has 6 heterocycles. The highest BCUT2D eigenvalue weighted by Crippen LogP contribution is 2.50. The number of carboxylic acid groups (broad SMARTS) is 1. The van der Waals surface area contributed by atoms with Gasteiger partial charge in [0.25, 0.3) is 11.8 Å². The average Bonchev–Trinajstić information content (AvgIpc) is 3.35. The highest BCUT2D eigenvalue weighted by atomic mass is 35.5.